The summed E-state index contributed by atoms with van der Waals surface area (Å²) >= 11 is 11.8. The molecule has 1 aliphatic rings. The van der Waals surface area contributed by atoms with Gasteiger partial charge in [0.1, 0.15) is 0 Å². The topological polar surface area (TPSA) is 55.1 Å². The van der Waals surface area contributed by atoms with Crippen molar-refractivity contribution in [2.45, 2.75) is 39.0 Å². The maximum atomic E-state index is 12.2. The molecule has 1 aromatic carbocycles. The van der Waals surface area contributed by atoms with Crippen LogP contribution in [0.1, 0.15) is 49.4 Å². The fourth-order valence-corrected chi connectivity index (χ4v) is 3.06. The Bertz CT molecular complexity index is 488. The number of hydrogen-bond acceptors (Lipinski definition) is 2. The van der Waals surface area contributed by atoms with Gasteiger partial charge in [-0.3, -0.25) is 4.79 Å². The maximum absolute atomic E-state index is 12.2. The Morgan fingerprint density at radius 2 is 1.95 bits per heavy atom. The highest BCUT2D eigenvalue weighted by molar-refractivity contribution is 6.43. The quantitative estimate of drug-likeness (QED) is 0.818. The van der Waals surface area contributed by atoms with E-state index in [1.54, 1.807) is 12.1 Å². The van der Waals surface area contributed by atoms with Crippen molar-refractivity contribution in [1.29, 1.82) is 0 Å². The Balaban J connectivity index is 2.01. The fraction of sp³-hybridized carbons (Fsp3) is 0.533. The summed E-state index contributed by atoms with van der Waals surface area (Å²) in [6.45, 7) is 2.92. The van der Waals surface area contributed by atoms with Gasteiger partial charge in [-0.2, -0.15) is 0 Å². The van der Waals surface area contributed by atoms with Crippen LogP contribution >= 0.6 is 23.2 Å². The van der Waals surface area contributed by atoms with Crippen molar-refractivity contribution < 1.29 is 4.79 Å². The molecular formula is C15H20Cl2N2O. The van der Waals surface area contributed by atoms with Gasteiger partial charge in [-0.05, 0) is 30.4 Å². The van der Waals surface area contributed by atoms with Crippen LogP contribution in [-0.4, -0.2) is 12.5 Å². The Morgan fingerprint density at radius 3 is 2.55 bits per heavy atom. The van der Waals surface area contributed by atoms with Crippen LogP contribution in [0, 0.1) is 5.41 Å². The molecule has 0 atom stereocenters. The third kappa shape index (κ3) is 3.58. The average molecular weight is 315 g/mol. The van der Waals surface area contributed by atoms with Crippen molar-refractivity contribution >= 4 is 34.8 Å². The van der Waals surface area contributed by atoms with Crippen LogP contribution in [0.4, 0.5) is 5.69 Å². The van der Waals surface area contributed by atoms with Crippen molar-refractivity contribution in [3.05, 3.63) is 27.7 Å². The molecule has 1 aromatic rings. The highest BCUT2D eigenvalue weighted by atomic mass is 35.5. The third-order valence-corrected chi connectivity index (χ3v) is 4.87. The van der Waals surface area contributed by atoms with E-state index in [9.17, 15) is 4.79 Å². The number of nitrogens with one attached hydrogen (secondary N) is 1. The van der Waals surface area contributed by atoms with Crippen molar-refractivity contribution in [2.24, 2.45) is 5.41 Å². The van der Waals surface area contributed by atoms with E-state index in [1.165, 1.54) is 19.3 Å². The molecule has 0 aromatic heterocycles. The molecule has 1 fully saturated rings. The standard InChI is InChI=1S/C15H20Cl2N2O/c1-15(5-3-2-4-6-15)9-19-14(20)10-7-11(16)13(17)12(18)8-10/h7-8H,2-6,9,18H2,1H3,(H,19,20). The molecule has 1 amide bonds. The van der Waals surface area contributed by atoms with Gasteiger partial charge in [0, 0.05) is 12.1 Å². The predicted octanol–water partition coefficient (Wildman–Crippen LogP) is 4.28. The van der Waals surface area contributed by atoms with Gasteiger partial charge in [-0.1, -0.05) is 49.4 Å². The van der Waals surface area contributed by atoms with Gasteiger partial charge < -0.3 is 11.1 Å². The number of anilines is 1. The third-order valence-electron chi connectivity index (χ3n) is 4.05. The summed E-state index contributed by atoms with van der Waals surface area (Å²) in [5.41, 5.74) is 6.71. The summed E-state index contributed by atoms with van der Waals surface area (Å²) in [4.78, 5) is 12.2. The van der Waals surface area contributed by atoms with Crippen molar-refractivity contribution in [2.75, 3.05) is 12.3 Å². The Kier molecular flexibility index (Phi) is 4.82. The molecule has 0 radical (unpaired) electrons. The number of hydrogen-bond donors (Lipinski definition) is 2. The van der Waals surface area contributed by atoms with E-state index < -0.39 is 0 Å². The SMILES string of the molecule is CC1(CNC(=O)c2cc(N)c(Cl)c(Cl)c2)CCCCC1. The number of amides is 1. The minimum absolute atomic E-state index is 0.151. The van der Waals surface area contributed by atoms with Crippen molar-refractivity contribution in [3.63, 3.8) is 0 Å². The lowest BCUT2D eigenvalue weighted by molar-refractivity contribution is 0.0919. The molecule has 2 rings (SSSR count). The van der Waals surface area contributed by atoms with Gasteiger partial charge in [-0.25, -0.2) is 0 Å². The summed E-state index contributed by atoms with van der Waals surface area (Å²) in [5, 5.41) is 3.59. The first-order valence-electron chi connectivity index (χ1n) is 6.94. The lowest BCUT2D eigenvalue weighted by Gasteiger charge is -2.33. The molecule has 0 unspecified atom stereocenters. The number of halogens is 2. The largest absolute Gasteiger partial charge is 0.397 e. The minimum atomic E-state index is -0.151. The van der Waals surface area contributed by atoms with Crippen LogP contribution in [-0.2, 0) is 0 Å². The molecule has 1 saturated carbocycles. The van der Waals surface area contributed by atoms with Gasteiger partial charge >= 0.3 is 0 Å². The van der Waals surface area contributed by atoms with Gasteiger partial charge in [0.2, 0.25) is 0 Å². The zero-order chi connectivity index (χ0) is 14.8. The van der Waals surface area contributed by atoms with Crippen LogP contribution in [0.2, 0.25) is 10.0 Å². The summed E-state index contributed by atoms with van der Waals surface area (Å²) < 4.78 is 0. The molecule has 0 aliphatic heterocycles. The van der Waals surface area contributed by atoms with Crippen LogP contribution in [0.5, 0.6) is 0 Å². The second kappa shape index (κ2) is 6.23. The van der Waals surface area contributed by atoms with Crippen LogP contribution < -0.4 is 11.1 Å². The molecule has 0 heterocycles. The van der Waals surface area contributed by atoms with E-state index in [4.69, 9.17) is 28.9 Å². The number of carbonyl (C=O) groups is 1. The van der Waals surface area contributed by atoms with E-state index in [1.807, 2.05) is 0 Å². The van der Waals surface area contributed by atoms with Crippen molar-refractivity contribution in [3.8, 4) is 0 Å². The molecule has 0 spiro atoms. The summed E-state index contributed by atoms with van der Waals surface area (Å²) in [6.07, 6.45) is 6.11. The van der Waals surface area contributed by atoms with Gasteiger partial charge in [0.15, 0.2) is 0 Å². The summed E-state index contributed by atoms with van der Waals surface area (Å²) in [5.74, 6) is -0.151. The zero-order valence-corrected chi connectivity index (χ0v) is 13.2. The van der Waals surface area contributed by atoms with E-state index >= 15 is 0 Å². The molecule has 0 bridgehead atoms. The second-order valence-electron chi connectivity index (χ2n) is 5.92. The molecule has 110 valence electrons. The zero-order valence-electron chi connectivity index (χ0n) is 11.6. The summed E-state index contributed by atoms with van der Waals surface area (Å²) in [6, 6.07) is 3.12. The Hall–Kier alpha value is -0.930. The molecule has 0 saturated heterocycles. The molecular weight excluding hydrogens is 295 g/mol. The fourth-order valence-electron chi connectivity index (χ4n) is 2.72. The number of benzene rings is 1. The minimum Gasteiger partial charge on any atom is -0.397 e. The second-order valence-corrected chi connectivity index (χ2v) is 6.70. The van der Waals surface area contributed by atoms with Crippen LogP contribution in [0.25, 0.3) is 0 Å². The molecule has 3 nitrogen and oxygen atoms in total. The smallest absolute Gasteiger partial charge is 0.251 e. The predicted molar refractivity (Wildman–Crippen MR) is 84.4 cm³/mol. The number of nitrogen functional groups attached to an aromatic ring is 1. The first-order chi connectivity index (χ1) is 9.41. The van der Waals surface area contributed by atoms with Crippen LogP contribution in [0.15, 0.2) is 12.1 Å². The number of carbonyl (C=O) groups excluding carboxylic acids is 1. The Labute approximate surface area is 129 Å². The van der Waals surface area contributed by atoms with E-state index in [2.05, 4.69) is 12.2 Å². The molecule has 1 aliphatic carbocycles. The lowest BCUT2D eigenvalue weighted by atomic mass is 9.76. The highest BCUT2D eigenvalue weighted by Gasteiger charge is 2.27. The van der Waals surface area contributed by atoms with E-state index in [0.29, 0.717) is 27.8 Å². The molecule has 20 heavy (non-hydrogen) atoms. The van der Waals surface area contributed by atoms with E-state index in [0.717, 1.165) is 12.8 Å². The lowest BCUT2D eigenvalue weighted by Crippen LogP contribution is -2.37. The average Bonchev–Trinajstić information content (AvgIpc) is 2.42. The van der Waals surface area contributed by atoms with Gasteiger partial charge in [-0.15, -0.1) is 0 Å². The summed E-state index contributed by atoms with van der Waals surface area (Å²) in [7, 11) is 0. The Morgan fingerprint density at radius 1 is 1.30 bits per heavy atom. The highest BCUT2D eigenvalue weighted by Crippen LogP contribution is 2.35. The first kappa shape index (κ1) is 15.5. The van der Waals surface area contributed by atoms with Crippen LogP contribution in [0.3, 0.4) is 0 Å². The van der Waals surface area contributed by atoms with Crippen molar-refractivity contribution in [1.82, 2.24) is 5.32 Å². The van der Waals surface area contributed by atoms with E-state index in [-0.39, 0.29) is 11.3 Å². The molecule has 3 N–H and O–H groups in total. The number of rotatable bonds is 3. The maximum Gasteiger partial charge on any atom is 0.251 e. The van der Waals surface area contributed by atoms with Gasteiger partial charge in [0.25, 0.3) is 5.91 Å². The first-order valence-corrected chi connectivity index (χ1v) is 7.70. The van der Waals surface area contributed by atoms with Gasteiger partial charge in [0.05, 0.1) is 15.7 Å². The molecule has 5 heteroatoms. The number of nitrogens with two attached hydrogens (primary N) is 1. The normalized spacial score (nSPS) is 17.8. The monoisotopic (exact) mass is 314 g/mol.